The zero-order valence-corrected chi connectivity index (χ0v) is 8.55. The van der Waals surface area contributed by atoms with Crippen molar-refractivity contribution in [3.05, 3.63) is 18.1 Å². The summed E-state index contributed by atoms with van der Waals surface area (Å²) in [6.45, 7) is 0.928. The number of nitrogens with zero attached hydrogens (tertiary/aromatic N) is 3. The van der Waals surface area contributed by atoms with Crippen molar-refractivity contribution in [3.8, 4) is 0 Å². The van der Waals surface area contributed by atoms with Crippen molar-refractivity contribution in [2.75, 3.05) is 18.5 Å². The number of rotatable bonds is 4. The fourth-order valence-corrected chi connectivity index (χ4v) is 1.42. The van der Waals surface area contributed by atoms with E-state index in [-0.39, 0.29) is 5.69 Å². The predicted octanol–water partition coefficient (Wildman–Crippen LogP) is 1.02. The number of anilines is 1. The molecule has 0 spiro atoms. The largest absolute Gasteiger partial charge is 0.476 e. The van der Waals surface area contributed by atoms with E-state index in [1.54, 1.807) is 6.20 Å². The van der Waals surface area contributed by atoms with Crippen LogP contribution in [0.4, 0.5) is 5.82 Å². The van der Waals surface area contributed by atoms with E-state index in [0.29, 0.717) is 5.82 Å². The van der Waals surface area contributed by atoms with Gasteiger partial charge in [0.1, 0.15) is 5.82 Å². The Balaban J connectivity index is 2.11. The molecular formula is C10H13N3O2. The third-order valence-electron chi connectivity index (χ3n) is 2.46. The summed E-state index contributed by atoms with van der Waals surface area (Å²) in [5.74, 6) is 0.330. The smallest absolute Gasteiger partial charge is 0.356 e. The molecule has 1 fully saturated rings. The zero-order valence-electron chi connectivity index (χ0n) is 8.55. The maximum Gasteiger partial charge on any atom is 0.356 e. The predicted molar refractivity (Wildman–Crippen MR) is 55.0 cm³/mol. The topological polar surface area (TPSA) is 66.3 Å². The molecule has 0 bridgehead atoms. The first kappa shape index (κ1) is 9.89. The van der Waals surface area contributed by atoms with E-state index in [0.717, 1.165) is 12.5 Å². The van der Waals surface area contributed by atoms with Crippen LogP contribution in [0.2, 0.25) is 0 Å². The summed E-state index contributed by atoms with van der Waals surface area (Å²) in [6.07, 6.45) is 5.37. The Labute approximate surface area is 87.8 Å². The lowest BCUT2D eigenvalue weighted by molar-refractivity contribution is 0.0690. The molecule has 2 rings (SSSR count). The van der Waals surface area contributed by atoms with Gasteiger partial charge in [0.15, 0.2) is 5.69 Å². The Hall–Kier alpha value is -1.65. The van der Waals surface area contributed by atoms with Gasteiger partial charge in [0.2, 0.25) is 0 Å². The van der Waals surface area contributed by atoms with Crippen LogP contribution in [-0.4, -0.2) is 34.6 Å². The van der Waals surface area contributed by atoms with E-state index in [1.807, 2.05) is 11.9 Å². The molecule has 0 saturated heterocycles. The number of carbonyl (C=O) groups is 1. The van der Waals surface area contributed by atoms with E-state index < -0.39 is 5.97 Å². The minimum Gasteiger partial charge on any atom is -0.476 e. The van der Waals surface area contributed by atoms with Crippen LogP contribution in [0, 0.1) is 5.92 Å². The highest BCUT2D eigenvalue weighted by molar-refractivity contribution is 5.85. The molecule has 5 nitrogen and oxygen atoms in total. The molecule has 80 valence electrons. The second-order valence-electron chi connectivity index (χ2n) is 3.89. The summed E-state index contributed by atoms with van der Waals surface area (Å²) < 4.78 is 0. The number of hydrogen-bond acceptors (Lipinski definition) is 4. The Bertz CT molecular complexity index is 377. The maximum atomic E-state index is 10.7. The Morgan fingerprint density at radius 3 is 2.93 bits per heavy atom. The van der Waals surface area contributed by atoms with Gasteiger partial charge in [0.25, 0.3) is 0 Å². The Kier molecular flexibility index (Phi) is 2.53. The van der Waals surface area contributed by atoms with Gasteiger partial charge in [-0.15, -0.1) is 0 Å². The highest BCUT2D eigenvalue weighted by atomic mass is 16.4. The fraction of sp³-hybridized carbons (Fsp3) is 0.500. The Morgan fingerprint density at radius 2 is 2.33 bits per heavy atom. The van der Waals surface area contributed by atoms with Crippen LogP contribution in [0.15, 0.2) is 12.4 Å². The second kappa shape index (κ2) is 3.84. The van der Waals surface area contributed by atoms with E-state index in [2.05, 4.69) is 9.97 Å². The molecule has 0 radical (unpaired) electrons. The van der Waals surface area contributed by atoms with Crippen LogP contribution in [0.25, 0.3) is 0 Å². The summed E-state index contributed by atoms with van der Waals surface area (Å²) in [4.78, 5) is 20.5. The summed E-state index contributed by atoms with van der Waals surface area (Å²) in [5.41, 5.74) is -0.00449. The van der Waals surface area contributed by atoms with Crippen molar-refractivity contribution in [2.24, 2.45) is 5.92 Å². The first-order chi connectivity index (χ1) is 7.16. The van der Waals surface area contributed by atoms with E-state index in [4.69, 9.17) is 5.11 Å². The number of aromatic carboxylic acids is 1. The summed E-state index contributed by atoms with van der Waals surface area (Å²) in [6, 6.07) is 0. The first-order valence-electron chi connectivity index (χ1n) is 4.93. The molecule has 1 N–H and O–H groups in total. The van der Waals surface area contributed by atoms with Gasteiger partial charge in [-0.25, -0.2) is 9.78 Å². The van der Waals surface area contributed by atoms with Gasteiger partial charge in [-0.2, -0.15) is 0 Å². The SMILES string of the molecule is CN(CC1CC1)c1cncc(C(=O)O)n1. The van der Waals surface area contributed by atoms with Crippen molar-refractivity contribution < 1.29 is 9.90 Å². The van der Waals surface area contributed by atoms with Gasteiger partial charge < -0.3 is 10.0 Å². The van der Waals surface area contributed by atoms with Crippen LogP contribution in [-0.2, 0) is 0 Å². The van der Waals surface area contributed by atoms with Crippen molar-refractivity contribution in [3.63, 3.8) is 0 Å². The normalized spacial score (nSPS) is 15.0. The van der Waals surface area contributed by atoms with E-state index in [9.17, 15) is 4.79 Å². The lowest BCUT2D eigenvalue weighted by Crippen LogP contribution is -2.22. The molecule has 1 aromatic rings. The van der Waals surface area contributed by atoms with Crippen LogP contribution in [0.3, 0.4) is 0 Å². The van der Waals surface area contributed by atoms with Gasteiger partial charge in [0, 0.05) is 13.6 Å². The fourth-order valence-electron chi connectivity index (χ4n) is 1.42. The zero-order chi connectivity index (χ0) is 10.8. The van der Waals surface area contributed by atoms with Crippen molar-refractivity contribution in [1.29, 1.82) is 0 Å². The molecule has 15 heavy (non-hydrogen) atoms. The van der Waals surface area contributed by atoms with Crippen molar-refractivity contribution in [1.82, 2.24) is 9.97 Å². The first-order valence-corrected chi connectivity index (χ1v) is 4.93. The maximum absolute atomic E-state index is 10.7. The minimum atomic E-state index is -1.04. The molecule has 1 heterocycles. The highest BCUT2D eigenvalue weighted by Gasteiger charge is 2.23. The second-order valence-corrected chi connectivity index (χ2v) is 3.89. The van der Waals surface area contributed by atoms with Crippen LogP contribution < -0.4 is 4.90 Å². The van der Waals surface area contributed by atoms with Crippen LogP contribution >= 0.6 is 0 Å². The van der Waals surface area contributed by atoms with Gasteiger partial charge >= 0.3 is 5.97 Å². The minimum absolute atomic E-state index is 0.00449. The van der Waals surface area contributed by atoms with Gasteiger partial charge in [-0.05, 0) is 18.8 Å². The number of hydrogen-bond donors (Lipinski definition) is 1. The van der Waals surface area contributed by atoms with E-state index in [1.165, 1.54) is 19.0 Å². The molecule has 1 saturated carbocycles. The van der Waals surface area contributed by atoms with E-state index >= 15 is 0 Å². The molecular weight excluding hydrogens is 194 g/mol. The average molecular weight is 207 g/mol. The molecule has 1 aromatic heterocycles. The standard InChI is InChI=1S/C10H13N3O2/c1-13(6-7-2-3-7)9-5-11-4-8(12-9)10(14)15/h4-5,7H,2-3,6H2,1H3,(H,14,15). The van der Waals surface area contributed by atoms with Crippen LogP contribution in [0.1, 0.15) is 23.3 Å². The molecule has 1 aliphatic carbocycles. The third-order valence-corrected chi connectivity index (χ3v) is 2.46. The molecule has 0 amide bonds. The lowest BCUT2D eigenvalue weighted by Gasteiger charge is -2.17. The van der Waals surface area contributed by atoms with Gasteiger partial charge in [0.05, 0.1) is 12.4 Å². The van der Waals surface area contributed by atoms with Crippen molar-refractivity contribution >= 4 is 11.8 Å². The number of aromatic nitrogens is 2. The van der Waals surface area contributed by atoms with Gasteiger partial charge in [-0.1, -0.05) is 0 Å². The number of carboxylic acid groups (broad SMARTS) is 1. The average Bonchev–Trinajstić information content (AvgIpc) is 3.02. The monoisotopic (exact) mass is 207 g/mol. The quantitative estimate of drug-likeness (QED) is 0.798. The molecule has 1 aliphatic rings. The highest BCUT2D eigenvalue weighted by Crippen LogP contribution is 2.30. The molecule has 0 unspecified atom stereocenters. The summed E-state index contributed by atoms with van der Waals surface area (Å²) >= 11 is 0. The number of carboxylic acids is 1. The van der Waals surface area contributed by atoms with Crippen molar-refractivity contribution in [2.45, 2.75) is 12.8 Å². The summed E-state index contributed by atoms with van der Waals surface area (Å²) in [7, 11) is 1.91. The lowest BCUT2D eigenvalue weighted by atomic mass is 10.4. The van der Waals surface area contributed by atoms with Crippen LogP contribution in [0.5, 0.6) is 0 Å². The molecule has 0 aromatic carbocycles. The molecule has 0 aliphatic heterocycles. The molecule has 5 heteroatoms. The van der Waals surface area contributed by atoms with Gasteiger partial charge in [-0.3, -0.25) is 4.98 Å². The molecule has 0 atom stereocenters. The third kappa shape index (κ3) is 2.43. The summed E-state index contributed by atoms with van der Waals surface area (Å²) in [5, 5.41) is 8.76. The Morgan fingerprint density at radius 1 is 1.60 bits per heavy atom.